The minimum atomic E-state index is -0.303. The quantitative estimate of drug-likeness (QED) is 0.657. The molecule has 0 saturated heterocycles. The number of hydrogen-bond acceptors (Lipinski definition) is 1. The number of H-pyrrole nitrogens is 1. The van der Waals surface area contributed by atoms with Crippen LogP contribution in [-0.4, -0.2) is 16.9 Å². The number of aromatic nitrogens is 1. The fourth-order valence-electron chi connectivity index (χ4n) is 2.59. The van der Waals surface area contributed by atoms with Crippen molar-refractivity contribution in [1.29, 1.82) is 0 Å². The van der Waals surface area contributed by atoms with Gasteiger partial charge < -0.3 is 16.0 Å². The third kappa shape index (κ3) is 3.18. The molecule has 1 amide bonds. The molecule has 0 bridgehead atoms. The van der Waals surface area contributed by atoms with Crippen LogP contribution in [0.25, 0.3) is 10.9 Å². The monoisotopic (exact) mass is 294 g/mol. The van der Waals surface area contributed by atoms with Crippen LogP contribution in [0.4, 0.5) is 0 Å². The second kappa shape index (κ2) is 6.45. The number of para-hydroxylation sites is 1. The molecule has 0 aliphatic carbocycles. The third-order valence-corrected chi connectivity index (χ3v) is 3.82. The Kier molecular flexibility index (Phi) is 4.21. The Balaban J connectivity index is 1.61. The predicted octanol–water partition coefficient (Wildman–Crippen LogP) is 1.64. The van der Waals surface area contributed by atoms with Gasteiger partial charge >= 0.3 is 0 Å². The van der Waals surface area contributed by atoms with E-state index >= 15 is 0 Å². The summed E-state index contributed by atoms with van der Waals surface area (Å²) in [6.45, 7) is 0.541. The van der Waals surface area contributed by atoms with E-state index in [-0.39, 0.29) is 11.9 Å². The molecule has 0 fully saturated rings. The van der Waals surface area contributed by atoms with Gasteiger partial charge in [0.05, 0.1) is 0 Å². The number of carbonyl (C=O) groups is 1. The normalized spacial score (nSPS) is 12.2. The van der Waals surface area contributed by atoms with E-state index in [9.17, 15) is 4.79 Å². The van der Waals surface area contributed by atoms with Crippen LogP contribution < -0.4 is 11.1 Å². The van der Waals surface area contributed by atoms with Crippen LogP contribution in [0.2, 0.25) is 0 Å². The molecule has 1 aromatic heterocycles. The lowest BCUT2D eigenvalue weighted by molar-refractivity contribution is -0.403. The second-order valence-corrected chi connectivity index (χ2v) is 5.46. The lowest BCUT2D eigenvalue weighted by Crippen LogP contribution is -2.68. The number of fused-ring (bicyclic) bond motifs is 1. The molecule has 0 aliphatic rings. The average Bonchev–Trinajstić information content (AvgIpc) is 2.97. The fourth-order valence-corrected chi connectivity index (χ4v) is 2.59. The molecule has 0 unspecified atom stereocenters. The van der Waals surface area contributed by atoms with Gasteiger partial charge in [-0.15, -0.1) is 0 Å². The molecule has 0 saturated carbocycles. The first-order valence-electron chi connectivity index (χ1n) is 7.44. The average molecular weight is 294 g/mol. The minimum absolute atomic E-state index is 0.0193. The Hall–Kier alpha value is -2.59. The molecule has 2 aromatic carbocycles. The summed E-state index contributed by atoms with van der Waals surface area (Å²) in [4.78, 5) is 15.4. The zero-order chi connectivity index (χ0) is 15.4. The first kappa shape index (κ1) is 14.4. The molecule has 1 heterocycles. The molecular weight excluding hydrogens is 274 g/mol. The van der Waals surface area contributed by atoms with E-state index < -0.39 is 0 Å². The summed E-state index contributed by atoms with van der Waals surface area (Å²) in [5.74, 6) is -0.0193. The van der Waals surface area contributed by atoms with Gasteiger partial charge in [0.1, 0.15) is 0 Å². The molecule has 4 nitrogen and oxygen atoms in total. The molecule has 3 aromatic rings. The molecule has 0 aliphatic heterocycles. The van der Waals surface area contributed by atoms with E-state index in [2.05, 4.69) is 22.1 Å². The fraction of sp³-hybridized carbons (Fsp3) is 0.167. The highest BCUT2D eigenvalue weighted by molar-refractivity contribution is 5.85. The summed E-state index contributed by atoms with van der Waals surface area (Å²) in [6.07, 6.45) is 2.60. The van der Waals surface area contributed by atoms with Gasteiger partial charge in [-0.05, 0) is 17.2 Å². The smallest absolute Gasteiger partial charge is 0.278 e. The SMILES string of the molecule is [NH3+][C@@H](Cc1c[nH]c2ccccc12)C(=O)NCc1ccccc1. The molecular formula is C18H20N3O+. The maximum atomic E-state index is 12.2. The van der Waals surface area contributed by atoms with Crippen LogP contribution in [0.5, 0.6) is 0 Å². The molecule has 0 radical (unpaired) electrons. The first-order chi connectivity index (χ1) is 10.7. The summed E-state index contributed by atoms with van der Waals surface area (Å²) in [5, 5.41) is 4.11. The number of quaternary nitrogens is 1. The van der Waals surface area contributed by atoms with Crippen LogP contribution in [0, 0.1) is 0 Å². The van der Waals surface area contributed by atoms with Crippen molar-refractivity contribution in [3.8, 4) is 0 Å². The van der Waals surface area contributed by atoms with E-state index in [1.165, 1.54) is 0 Å². The highest BCUT2D eigenvalue weighted by atomic mass is 16.2. The van der Waals surface area contributed by atoms with Crippen molar-refractivity contribution in [3.63, 3.8) is 0 Å². The number of aromatic amines is 1. The van der Waals surface area contributed by atoms with Crippen molar-refractivity contribution < 1.29 is 10.5 Å². The number of carbonyl (C=O) groups excluding carboxylic acids is 1. The van der Waals surface area contributed by atoms with Gasteiger partial charge in [-0.2, -0.15) is 0 Å². The van der Waals surface area contributed by atoms with Gasteiger partial charge in [-0.1, -0.05) is 48.5 Å². The largest absolute Gasteiger partial charge is 0.361 e. The Morgan fingerprint density at radius 3 is 2.64 bits per heavy atom. The van der Waals surface area contributed by atoms with Crippen LogP contribution >= 0.6 is 0 Å². The summed E-state index contributed by atoms with van der Waals surface area (Å²) in [5.41, 5.74) is 7.32. The highest BCUT2D eigenvalue weighted by Crippen LogP contribution is 2.18. The maximum absolute atomic E-state index is 12.2. The molecule has 1 atom stereocenters. The second-order valence-electron chi connectivity index (χ2n) is 5.46. The number of nitrogens with one attached hydrogen (secondary N) is 2. The van der Waals surface area contributed by atoms with Crippen LogP contribution in [-0.2, 0) is 17.8 Å². The standard InChI is InChI=1S/C18H19N3O/c19-16(18(22)21-11-13-6-2-1-3-7-13)10-14-12-20-17-9-5-4-8-15(14)17/h1-9,12,16,20H,10-11,19H2,(H,21,22)/p+1/t16-/m0/s1. The lowest BCUT2D eigenvalue weighted by atomic mass is 10.0. The Morgan fingerprint density at radius 1 is 1.09 bits per heavy atom. The molecule has 3 rings (SSSR count). The topological polar surface area (TPSA) is 72.5 Å². The van der Waals surface area contributed by atoms with E-state index in [0.717, 1.165) is 22.0 Å². The van der Waals surface area contributed by atoms with Crippen molar-refractivity contribution in [2.45, 2.75) is 19.0 Å². The Bertz CT molecular complexity index is 764. The summed E-state index contributed by atoms with van der Waals surface area (Å²) >= 11 is 0. The van der Waals surface area contributed by atoms with Crippen molar-refractivity contribution >= 4 is 16.8 Å². The van der Waals surface area contributed by atoms with E-state index in [1.54, 1.807) is 0 Å². The van der Waals surface area contributed by atoms with Gasteiger partial charge in [0.15, 0.2) is 6.04 Å². The Labute approximate surface area is 129 Å². The van der Waals surface area contributed by atoms with E-state index in [1.807, 2.05) is 54.7 Å². The zero-order valence-electron chi connectivity index (χ0n) is 12.4. The van der Waals surface area contributed by atoms with Crippen molar-refractivity contribution in [2.75, 3.05) is 0 Å². The van der Waals surface area contributed by atoms with Crippen molar-refractivity contribution in [3.05, 3.63) is 71.9 Å². The summed E-state index contributed by atoms with van der Waals surface area (Å²) in [7, 11) is 0. The van der Waals surface area contributed by atoms with Gasteiger partial charge in [0.2, 0.25) is 0 Å². The predicted molar refractivity (Wildman–Crippen MR) is 87.0 cm³/mol. The van der Waals surface area contributed by atoms with E-state index in [0.29, 0.717) is 13.0 Å². The highest BCUT2D eigenvalue weighted by Gasteiger charge is 2.19. The molecule has 22 heavy (non-hydrogen) atoms. The lowest BCUT2D eigenvalue weighted by Gasteiger charge is -2.09. The van der Waals surface area contributed by atoms with Gasteiger partial charge in [-0.25, -0.2) is 0 Å². The minimum Gasteiger partial charge on any atom is -0.361 e. The number of rotatable bonds is 5. The maximum Gasteiger partial charge on any atom is 0.278 e. The van der Waals surface area contributed by atoms with Crippen LogP contribution in [0.3, 0.4) is 0 Å². The molecule has 4 heteroatoms. The van der Waals surface area contributed by atoms with Crippen molar-refractivity contribution in [1.82, 2.24) is 10.3 Å². The Morgan fingerprint density at radius 2 is 1.82 bits per heavy atom. The van der Waals surface area contributed by atoms with E-state index in [4.69, 9.17) is 0 Å². The van der Waals surface area contributed by atoms with Gasteiger partial charge in [0, 0.05) is 30.1 Å². The number of benzene rings is 2. The molecule has 112 valence electrons. The van der Waals surface area contributed by atoms with Gasteiger partial charge in [0.25, 0.3) is 5.91 Å². The van der Waals surface area contributed by atoms with Crippen LogP contribution in [0.1, 0.15) is 11.1 Å². The van der Waals surface area contributed by atoms with Crippen molar-refractivity contribution in [2.24, 2.45) is 0 Å². The third-order valence-electron chi connectivity index (χ3n) is 3.82. The van der Waals surface area contributed by atoms with Gasteiger partial charge in [-0.3, -0.25) is 4.79 Å². The number of amides is 1. The summed E-state index contributed by atoms with van der Waals surface area (Å²) < 4.78 is 0. The molecule has 5 N–H and O–H groups in total. The van der Waals surface area contributed by atoms with Crippen LogP contribution in [0.15, 0.2) is 60.8 Å². The number of hydrogen-bond donors (Lipinski definition) is 3. The zero-order valence-corrected chi connectivity index (χ0v) is 12.4. The molecule has 0 spiro atoms. The summed E-state index contributed by atoms with van der Waals surface area (Å²) in [6, 6.07) is 17.7. The first-order valence-corrected chi connectivity index (χ1v) is 7.44.